The van der Waals surface area contributed by atoms with Crippen molar-refractivity contribution in [3.8, 4) is 0 Å². The number of fused-ring (bicyclic) bond motifs is 1. The first-order valence-corrected chi connectivity index (χ1v) is 9.49. The van der Waals surface area contributed by atoms with Gasteiger partial charge in [0.2, 0.25) is 5.76 Å². The Morgan fingerprint density at radius 1 is 1.27 bits per heavy atom. The second-order valence-electron chi connectivity index (χ2n) is 5.79. The van der Waals surface area contributed by atoms with E-state index in [9.17, 15) is 9.18 Å². The van der Waals surface area contributed by atoms with E-state index in [1.807, 2.05) is 0 Å². The minimum atomic E-state index is -0.319. The van der Waals surface area contributed by atoms with Gasteiger partial charge >= 0.3 is 0 Å². The van der Waals surface area contributed by atoms with Crippen LogP contribution in [0.15, 0.2) is 30.2 Å². The SMILES string of the molecule is CCN(CC)CCN(C(=O)C1=COCCO1)c1nc2ccc(F)cc2s1. The normalized spacial score (nSPS) is 14.1. The molecule has 0 saturated heterocycles. The lowest BCUT2D eigenvalue weighted by atomic mass is 10.3. The van der Waals surface area contributed by atoms with Gasteiger partial charge in [0.15, 0.2) is 5.13 Å². The van der Waals surface area contributed by atoms with Crippen LogP contribution in [0, 0.1) is 5.82 Å². The number of hydrogen-bond acceptors (Lipinski definition) is 6. The van der Waals surface area contributed by atoms with Crippen molar-refractivity contribution in [2.45, 2.75) is 13.8 Å². The molecule has 0 bridgehead atoms. The summed E-state index contributed by atoms with van der Waals surface area (Å²) in [5.41, 5.74) is 0.668. The zero-order valence-corrected chi connectivity index (χ0v) is 15.7. The van der Waals surface area contributed by atoms with E-state index in [-0.39, 0.29) is 17.5 Å². The Kier molecular flexibility index (Phi) is 6.05. The van der Waals surface area contributed by atoms with E-state index in [2.05, 4.69) is 23.7 Å². The molecule has 1 aliphatic rings. The number of hydrogen-bond donors (Lipinski definition) is 0. The summed E-state index contributed by atoms with van der Waals surface area (Å²) in [6, 6.07) is 4.43. The maximum atomic E-state index is 13.5. The Morgan fingerprint density at radius 2 is 2.08 bits per heavy atom. The van der Waals surface area contributed by atoms with Crippen LogP contribution < -0.4 is 4.90 Å². The van der Waals surface area contributed by atoms with Gasteiger partial charge in [0.05, 0.1) is 10.2 Å². The smallest absolute Gasteiger partial charge is 0.298 e. The molecule has 2 aromatic rings. The summed E-state index contributed by atoms with van der Waals surface area (Å²) in [5, 5.41) is 0.526. The minimum Gasteiger partial charge on any atom is -0.494 e. The Balaban J connectivity index is 1.89. The molecule has 1 aromatic carbocycles. The van der Waals surface area contributed by atoms with Crippen molar-refractivity contribution in [2.75, 3.05) is 44.3 Å². The third-order valence-corrected chi connectivity index (χ3v) is 5.25. The number of carbonyl (C=O) groups excluding carboxylic acids is 1. The molecule has 1 aromatic heterocycles. The van der Waals surface area contributed by atoms with E-state index >= 15 is 0 Å². The average molecular weight is 379 g/mol. The number of anilines is 1. The number of amides is 1. The van der Waals surface area contributed by atoms with Gasteiger partial charge < -0.3 is 14.4 Å². The Hall–Kier alpha value is -2.19. The van der Waals surface area contributed by atoms with Crippen LogP contribution in [-0.4, -0.2) is 55.2 Å². The van der Waals surface area contributed by atoms with E-state index in [1.54, 1.807) is 11.0 Å². The minimum absolute atomic E-state index is 0.168. The quantitative estimate of drug-likeness (QED) is 0.740. The van der Waals surface area contributed by atoms with Crippen LogP contribution in [0.25, 0.3) is 10.2 Å². The fraction of sp³-hybridized carbons (Fsp3) is 0.444. The molecule has 1 aliphatic heterocycles. The highest BCUT2D eigenvalue weighted by Crippen LogP contribution is 2.30. The van der Waals surface area contributed by atoms with Crippen LogP contribution in [0.1, 0.15) is 13.8 Å². The molecule has 0 atom stereocenters. The molecule has 1 amide bonds. The number of aromatic nitrogens is 1. The first-order chi connectivity index (χ1) is 12.6. The third-order valence-electron chi connectivity index (χ3n) is 4.21. The lowest BCUT2D eigenvalue weighted by Crippen LogP contribution is -2.40. The van der Waals surface area contributed by atoms with Crippen molar-refractivity contribution in [1.82, 2.24) is 9.88 Å². The fourth-order valence-electron chi connectivity index (χ4n) is 2.68. The third kappa shape index (κ3) is 4.13. The number of thiazole rings is 1. The lowest BCUT2D eigenvalue weighted by Gasteiger charge is -2.26. The van der Waals surface area contributed by atoms with Gasteiger partial charge in [-0.15, -0.1) is 0 Å². The molecule has 0 unspecified atom stereocenters. The number of carbonyl (C=O) groups is 1. The van der Waals surface area contributed by atoms with E-state index in [1.165, 1.54) is 29.7 Å². The van der Waals surface area contributed by atoms with Gasteiger partial charge in [-0.25, -0.2) is 9.37 Å². The van der Waals surface area contributed by atoms with Gasteiger partial charge in [-0.2, -0.15) is 0 Å². The summed E-state index contributed by atoms with van der Waals surface area (Å²) < 4.78 is 24.9. The van der Waals surface area contributed by atoms with Gasteiger partial charge in [-0.05, 0) is 31.3 Å². The van der Waals surface area contributed by atoms with Gasteiger partial charge in [0, 0.05) is 13.1 Å². The van der Waals surface area contributed by atoms with Crippen molar-refractivity contribution in [3.05, 3.63) is 36.0 Å². The molecule has 6 nitrogen and oxygen atoms in total. The van der Waals surface area contributed by atoms with Crippen LogP contribution in [0.3, 0.4) is 0 Å². The number of halogens is 1. The molecule has 0 N–H and O–H groups in total. The fourth-order valence-corrected chi connectivity index (χ4v) is 3.70. The van der Waals surface area contributed by atoms with Crippen molar-refractivity contribution < 1.29 is 18.7 Å². The highest BCUT2D eigenvalue weighted by molar-refractivity contribution is 7.22. The number of likely N-dealkylation sites (N-methyl/N-ethyl adjacent to an activating group) is 1. The summed E-state index contributed by atoms with van der Waals surface area (Å²) >= 11 is 1.29. The first-order valence-electron chi connectivity index (χ1n) is 8.67. The molecule has 140 valence electrons. The zero-order chi connectivity index (χ0) is 18.5. The highest BCUT2D eigenvalue weighted by atomic mass is 32.1. The molecule has 0 radical (unpaired) electrons. The van der Waals surface area contributed by atoms with E-state index in [4.69, 9.17) is 9.47 Å². The summed E-state index contributed by atoms with van der Waals surface area (Å²) in [5.74, 6) is -0.446. The summed E-state index contributed by atoms with van der Waals surface area (Å²) in [7, 11) is 0. The Morgan fingerprint density at radius 3 is 2.77 bits per heavy atom. The van der Waals surface area contributed by atoms with Crippen LogP contribution in [0.5, 0.6) is 0 Å². The lowest BCUT2D eigenvalue weighted by molar-refractivity contribution is -0.119. The van der Waals surface area contributed by atoms with Gasteiger partial charge in [0.25, 0.3) is 5.91 Å². The summed E-state index contributed by atoms with van der Waals surface area (Å²) in [6.45, 7) is 7.88. The van der Waals surface area contributed by atoms with E-state index in [0.717, 1.165) is 13.1 Å². The van der Waals surface area contributed by atoms with Crippen LogP contribution in [0.4, 0.5) is 9.52 Å². The molecule has 26 heavy (non-hydrogen) atoms. The molecule has 0 spiro atoms. The van der Waals surface area contributed by atoms with Crippen molar-refractivity contribution in [2.24, 2.45) is 0 Å². The average Bonchev–Trinajstić information content (AvgIpc) is 3.08. The Labute approximate surface area is 155 Å². The maximum Gasteiger partial charge on any atom is 0.298 e. The number of benzene rings is 1. The van der Waals surface area contributed by atoms with Crippen molar-refractivity contribution >= 4 is 32.6 Å². The topological polar surface area (TPSA) is 54.9 Å². The molecule has 0 aliphatic carbocycles. The molecule has 0 fully saturated rings. The zero-order valence-electron chi connectivity index (χ0n) is 14.9. The van der Waals surface area contributed by atoms with Crippen molar-refractivity contribution in [1.29, 1.82) is 0 Å². The van der Waals surface area contributed by atoms with Crippen LogP contribution >= 0.6 is 11.3 Å². The first kappa shape index (κ1) is 18.6. The molecule has 2 heterocycles. The van der Waals surface area contributed by atoms with Crippen molar-refractivity contribution in [3.63, 3.8) is 0 Å². The van der Waals surface area contributed by atoms with E-state index in [0.29, 0.717) is 41.7 Å². The van der Waals surface area contributed by atoms with Gasteiger partial charge in [-0.3, -0.25) is 9.69 Å². The number of nitrogens with zero attached hydrogens (tertiary/aromatic N) is 3. The van der Waals surface area contributed by atoms with Crippen LogP contribution in [-0.2, 0) is 14.3 Å². The standard InChI is InChI=1S/C18H22FN3O3S/c1-3-21(4-2)7-8-22(17(23)15-12-24-9-10-25-15)18-20-14-6-5-13(19)11-16(14)26-18/h5-6,11-12H,3-4,7-10H2,1-2H3. The molecule has 0 saturated carbocycles. The Bertz CT molecular complexity index is 804. The monoisotopic (exact) mass is 379 g/mol. The molecular formula is C18H22FN3O3S. The number of rotatable bonds is 7. The maximum absolute atomic E-state index is 13.5. The van der Waals surface area contributed by atoms with Gasteiger partial charge in [-0.1, -0.05) is 25.2 Å². The van der Waals surface area contributed by atoms with E-state index < -0.39 is 0 Å². The predicted octanol–water partition coefficient (Wildman–Crippen LogP) is 3.00. The largest absolute Gasteiger partial charge is 0.494 e. The summed E-state index contributed by atoms with van der Waals surface area (Å²) in [6.07, 6.45) is 1.35. The van der Waals surface area contributed by atoms with Crippen LogP contribution in [0.2, 0.25) is 0 Å². The summed E-state index contributed by atoms with van der Waals surface area (Å²) in [4.78, 5) is 21.3. The number of ether oxygens (including phenoxy) is 2. The second kappa shape index (κ2) is 8.46. The highest BCUT2D eigenvalue weighted by Gasteiger charge is 2.26. The molecular weight excluding hydrogens is 357 g/mol. The second-order valence-corrected chi connectivity index (χ2v) is 6.80. The van der Waals surface area contributed by atoms with Gasteiger partial charge in [0.1, 0.15) is 25.3 Å². The molecule has 8 heteroatoms. The predicted molar refractivity (Wildman–Crippen MR) is 99.7 cm³/mol. The molecule has 3 rings (SSSR count).